The molecule has 2 aromatic rings. The minimum atomic E-state index is -0.529. The van der Waals surface area contributed by atoms with Crippen LogP contribution in [0.15, 0.2) is 24.3 Å². The van der Waals surface area contributed by atoms with Crippen molar-refractivity contribution in [3.8, 4) is 0 Å². The molecule has 1 aromatic heterocycles. The molecular weight excluding hydrogens is 434 g/mol. The summed E-state index contributed by atoms with van der Waals surface area (Å²) in [6, 6.07) is 6.36. The van der Waals surface area contributed by atoms with Crippen molar-refractivity contribution >= 4 is 33.3 Å². The summed E-state index contributed by atoms with van der Waals surface area (Å²) in [6.07, 6.45) is 3.84. The first-order valence-corrected chi connectivity index (χ1v) is 12.7. The third kappa shape index (κ3) is 5.10. The first-order valence-electron chi connectivity index (χ1n) is 11.8. The maximum Gasteiger partial charge on any atom is 0.414 e. The zero-order chi connectivity index (χ0) is 24.0. The van der Waals surface area contributed by atoms with E-state index in [1.165, 1.54) is 4.70 Å². The van der Waals surface area contributed by atoms with E-state index in [1.807, 2.05) is 20.8 Å². The van der Waals surface area contributed by atoms with E-state index in [9.17, 15) is 4.79 Å². The minimum Gasteiger partial charge on any atom is -0.443 e. The molecule has 3 heterocycles. The zero-order valence-electron chi connectivity index (χ0n) is 21.0. The maximum atomic E-state index is 13.0. The van der Waals surface area contributed by atoms with E-state index in [0.717, 1.165) is 47.7 Å². The normalized spacial score (nSPS) is 27.0. The van der Waals surface area contributed by atoms with E-state index in [-0.39, 0.29) is 17.6 Å². The average molecular weight is 472 g/mol. The lowest BCUT2D eigenvalue weighted by Crippen LogP contribution is -2.50. The van der Waals surface area contributed by atoms with E-state index < -0.39 is 5.60 Å². The molecule has 1 fully saturated rings. The van der Waals surface area contributed by atoms with E-state index in [4.69, 9.17) is 14.5 Å². The Hall–Kier alpha value is -1.96. The van der Waals surface area contributed by atoms with Gasteiger partial charge in [0.1, 0.15) is 5.60 Å². The Bertz CT molecular complexity index is 1060. The number of hydrogen-bond acceptors (Lipinski definition) is 6. The molecule has 3 atom stereocenters. The number of thiazole rings is 1. The number of carbonyl (C=O) groups is 1. The molecule has 6 nitrogen and oxygen atoms in total. The monoisotopic (exact) mass is 471 g/mol. The largest absolute Gasteiger partial charge is 0.443 e. The van der Waals surface area contributed by atoms with Crippen molar-refractivity contribution < 1.29 is 14.3 Å². The molecule has 0 spiro atoms. The lowest BCUT2D eigenvalue weighted by molar-refractivity contribution is -0.0615. The van der Waals surface area contributed by atoms with Gasteiger partial charge in [0, 0.05) is 31.7 Å². The van der Waals surface area contributed by atoms with Crippen molar-refractivity contribution in [2.75, 3.05) is 33.8 Å². The number of benzene rings is 1. The van der Waals surface area contributed by atoms with Crippen molar-refractivity contribution in [1.82, 2.24) is 14.8 Å². The van der Waals surface area contributed by atoms with Gasteiger partial charge in [-0.25, -0.2) is 9.78 Å². The van der Waals surface area contributed by atoms with Crippen LogP contribution in [0.4, 0.5) is 4.79 Å². The van der Waals surface area contributed by atoms with Crippen LogP contribution in [0.5, 0.6) is 0 Å². The molecule has 33 heavy (non-hydrogen) atoms. The number of rotatable bonds is 3. The smallest absolute Gasteiger partial charge is 0.414 e. The van der Waals surface area contributed by atoms with Crippen molar-refractivity contribution in [3.63, 3.8) is 0 Å². The molecule has 0 unspecified atom stereocenters. The Morgan fingerprint density at radius 1 is 1.30 bits per heavy atom. The van der Waals surface area contributed by atoms with E-state index in [1.54, 1.807) is 23.3 Å². The molecule has 2 aliphatic rings. The number of amides is 1. The number of nitrogens with zero attached hydrogens (tertiary/aromatic N) is 3. The van der Waals surface area contributed by atoms with Gasteiger partial charge in [-0.3, -0.25) is 4.90 Å². The fourth-order valence-corrected chi connectivity index (χ4v) is 6.12. The van der Waals surface area contributed by atoms with Crippen LogP contribution in [0.2, 0.25) is 0 Å². The molecular formula is C26H37N3O3S. The first kappa shape index (κ1) is 24.2. The number of ether oxygens (including phenoxy) is 2. The maximum absolute atomic E-state index is 13.0. The average Bonchev–Trinajstić information content (AvgIpc) is 3.15. The van der Waals surface area contributed by atoms with Gasteiger partial charge in [0.15, 0.2) is 0 Å². The summed E-state index contributed by atoms with van der Waals surface area (Å²) in [7, 11) is 3.95. The summed E-state index contributed by atoms with van der Waals surface area (Å²) in [5, 5.41) is 1.13. The second-order valence-corrected chi connectivity index (χ2v) is 11.9. The Labute approximate surface area is 201 Å². The molecule has 1 amide bonds. The van der Waals surface area contributed by atoms with Crippen molar-refractivity contribution in [2.45, 2.75) is 64.6 Å². The van der Waals surface area contributed by atoms with E-state index in [0.29, 0.717) is 12.5 Å². The summed E-state index contributed by atoms with van der Waals surface area (Å²) in [6.45, 7) is 12.7. The predicted molar refractivity (Wildman–Crippen MR) is 135 cm³/mol. The predicted octanol–water partition coefficient (Wildman–Crippen LogP) is 5.74. The first-order chi connectivity index (χ1) is 15.5. The van der Waals surface area contributed by atoms with Gasteiger partial charge in [-0.1, -0.05) is 19.1 Å². The van der Waals surface area contributed by atoms with E-state index >= 15 is 0 Å². The fourth-order valence-electron chi connectivity index (χ4n) is 4.90. The number of aromatic nitrogens is 1. The van der Waals surface area contributed by atoms with Crippen LogP contribution < -0.4 is 0 Å². The Morgan fingerprint density at radius 2 is 2.06 bits per heavy atom. The lowest BCUT2D eigenvalue weighted by atomic mass is 9.83. The Kier molecular flexibility index (Phi) is 6.60. The van der Waals surface area contributed by atoms with Gasteiger partial charge < -0.3 is 14.4 Å². The van der Waals surface area contributed by atoms with Crippen molar-refractivity contribution in [1.29, 1.82) is 0 Å². The Balaban J connectivity index is 1.66. The molecule has 0 bridgehead atoms. The molecule has 180 valence electrons. The second kappa shape index (κ2) is 9.01. The van der Waals surface area contributed by atoms with Gasteiger partial charge >= 0.3 is 6.09 Å². The van der Waals surface area contributed by atoms with Gasteiger partial charge in [-0.2, -0.15) is 0 Å². The SMILES string of the molecule is CO[C@@]1(C)CN(C)CC[C@H]1c1nc2cc(C3=CC[C@H](C)CN3C(=O)OC(C)(C)C)ccc2s1. The van der Waals surface area contributed by atoms with Crippen LogP contribution in [0, 0.1) is 5.92 Å². The summed E-state index contributed by atoms with van der Waals surface area (Å²) in [4.78, 5) is 22.2. The minimum absolute atomic E-state index is 0.251. The molecule has 0 aliphatic carbocycles. The Morgan fingerprint density at radius 3 is 2.76 bits per heavy atom. The number of likely N-dealkylation sites (N-methyl/N-ethyl adjacent to an activating group) is 1. The molecule has 1 saturated heterocycles. The van der Waals surface area contributed by atoms with Gasteiger partial charge in [-0.05, 0) is 72.2 Å². The second-order valence-electron chi connectivity index (χ2n) is 10.9. The third-order valence-electron chi connectivity index (χ3n) is 6.70. The number of piperidine rings is 1. The lowest BCUT2D eigenvalue weighted by Gasteiger charge is -2.43. The van der Waals surface area contributed by atoms with Crippen LogP contribution in [0.1, 0.15) is 63.9 Å². The van der Waals surface area contributed by atoms with Crippen LogP contribution in [-0.2, 0) is 9.47 Å². The topological polar surface area (TPSA) is 54.9 Å². The molecule has 0 radical (unpaired) electrons. The molecule has 4 rings (SSSR count). The van der Waals surface area contributed by atoms with Crippen molar-refractivity contribution in [2.24, 2.45) is 5.92 Å². The van der Waals surface area contributed by atoms with Gasteiger partial charge in [0.2, 0.25) is 0 Å². The quantitative estimate of drug-likeness (QED) is 0.571. The van der Waals surface area contributed by atoms with Crippen LogP contribution in [0.25, 0.3) is 15.9 Å². The molecule has 7 heteroatoms. The summed E-state index contributed by atoms with van der Waals surface area (Å²) < 4.78 is 12.9. The summed E-state index contributed by atoms with van der Waals surface area (Å²) in [5.41, 5.74) is 2.13. The van der Waals surface area contributed by atoms with E-state index in [2.05, 4.69) is 50.1 Å². The van der Waals surface area contributed by atoms with Gasteiger partial charge in [-0.15, -0.1) is 11.3 Å². The highest BCUT2D eigenvalue weighted by atomic mass is 32.1. The van der Waals surface area contributed by atoms with Crippen LogP contribution >= 0.6 is 11.3 Å². The van der Waals surface area contributed by atoms with Gasteiger partial charge in [0.25, 0.3) is 0 Å². The summed E-state index contributed by atoms with van der Waals surface area (Å²) in [5.74, 6) is 0.666. The highest BCUT2D eigenvalue weighted by Crippen LogP contribution is 2.41. The fraction of sp³-hybridized carbons (Fsp3) is 0.615. The van der Waals surface area contributed by atoms with Gasteiger partial charge in [0.05, 0.1) is 26.5 Å². The summed E-state index contributed by atoms with van der Waals surface area (Å²) >= 11 is 1.76. The number of allylic oxidation sites excluding steroid dienone is 1. The number of likely N-dealkylation sites (tertiary alicyclic amines) is 1. The number of fused-ring (bicyclic) bond motifs is 1. The number of methoxy groups -OCH3 is 1. The standard InChI is InChI=1S/C26H37N3O3S/c1-17-8-10-21(29(15-17)24(30)32-25(2,3)4)18-9-11-22-20(14-18)27-23(33-22)19-12-13-28(6)16-26(19,5)31-7/h9-11,14,17,19H,8,12-13,15-16H2,1-7H3/t17-,19-,26-/m0/s1. The van der Waals surface area contributed by atoms with Crippen molar-refractivity contribution in [3.05, 3.63) is 34.8 Å². The number of carbonyl (C=O) groups excluding carboxylic acids is 1. The molecule has 2 aliphatic heterocycles. The highest BCUT2D eigenvalue weighted by Gasteiger charge is 2.41. The molecule has 1 aromatic carbocycles. The third-order valence-corrected chi connectivity index (χ3v) is 7.85. The number of hydrogen-bond donors (Lipinski definition) is 0. The van der Waals surface area contributed by atoms with Crippen LogP contribution in [-0.4, -0.2) is 65.9 Å². The van der Waals surface area contributed by atoms with Crippen LogP contribution in [0.3, 0.4) is 0 Å². The highest BCUT2D eigenvalue weighted by molar-refractivity contribution is 7.18. The molecule has 0 saturated carbocycles. The zero-order valence-corrected chi connectivity index (χ0v) is 21.8. The molecule has 0 N–H and O–H groups in total.